The Morgan fingerprint density at radius 1 is 1.17 bits per heavy atom. The second-order valence-corrected chi connectivity index (χ2v) is 10.6. The van der Waals surface area contributed by atoms with Gasteiger partial charge in [0, 0.05) is 6.04 Å². The van der Waals surface area contributed by atoms with Crippen molar-refractivity contribution in [2.45, 2.75) is 57.0 Å². The molecule has 2 aliphatic rings. The van der Waals surface area contributed by atoms with E-state index < -0.39 is 15.8 Å². The summed E-state index contributed by atoms with van der Waals surface area (Å²) in [4.78, 5) is 14.0. The van der Waals surface area contributed by atoms with Gasteiger partial charge in [-0.2, -0.15) is 4.31 Å². The summed E-state index contributed by atoms with van der Waals surface area (Å²) in [6, 6.07) is 4.93. The van der Waals surface area contributed by atoms with E-state index in [1.807, 2.05) is 6.92 Å². The summed E-state index contributed by atoms with van der Waals surface area (Å²) in [5, 5.41) is 3.24. The van der Waals surface area contributed by atoms with Gasteiger partial charge in [0.15, 0.2) is 6.04 Å². The number of carbonyl (C=O) groups is 1. The van der Waals surface area contributed by atoms with Crippen LogP contribution in [-0.4, -0.2) is 56.9 Å². The molecule has 8 heteroatoms. The van der Waals surface area contributed by atoms with Crippen LogP contribution in [0.25, 0.3) is 0 Å². The van der Waals surface area contributed by atoms with Gasteiger partial charge in [0.2, 0.25) is 10.0 Å². The maximum atomic E-state index is 13.1. The van der Waals surface area contributed by atoms with Crippen LogP contribution in [0.15, 0.2) is 29.2 Å². The molecule has 1 amide bonds. The van der Waals surface area contributed by atoms with E-state index in [0.29, 0.717) is 38.0 Å². The Hall–Kier alpha value is -1.51. The largest absolute Gasteiger partial charge is 0.348 e. The van der Waals surface area contributed by atoms with Crippen molar-refractivity contribution in [1.29, 1.82) is 0 Å². The van der Waals surface area contributed by atoms with Gasteiger partial charge in [0.05, 0.1) is 31.1 Å². The molecule has 0 spiro atoms. The van der Waals surface area contributed by atoms with Gasteiger partial charge in [0.1, 0.15) is 5.82 Å². The average Bonchev–Trinajstić information content (AvgIpc) is 2.71. The molecule has 0 bridgehead atoms. The van der Waals surface area contributed by atoms with Crippen LogP contribution >= 0.6 is 0 Å². The van der Waals surface area contributed by atoms with Gasteiger partial charge in [0.25, 0.3) is 5.91 Å². The average molecular weight is 427 g/mol. The summed E-state index contributed by atoms with van der Waals surface area (Å²) in [7, 11) is -3.63. The van der Waals surface area contributed by atoms with Gasteiger partial charge >= 0.3 is 0 Å². The number of sulfonamides is 1. The zero-order valence-electron chi connectivity index (χ0n) is 17.5. The van der Waals surface area contributed by atoms with E-state index in [1.54, 1.807) is 0 Å². The number of halogens is 1. The fraction of sp³-hybridized carbons (Fsp3) is 0.667. The number of quaternary nitrogens is 1. The molecule has 0 aromatic heterocycles. The third-order valence-electron chi connectivity index (χ3n) is 6.86. The SMILES string of the molecule is C[C@@H]1[C@H](C)CCC[C@H]1NC(=O)[C@@H](C)[NH+]1CCN(S(=O)(=O)c2ccc(F)cc2)CC1. The Labute approximate surface area is 173 Å². The zero-order chi connectivity index (χ0) is 21.2. The van der Waals surface area contributed by atoms with E-state index in [9.17, 15) is 17.6 Å². The molecule has 2 N–H and O–H groups in total. The van der Waals surface area contributed by atoms with E-state index in [-0.39, 0.29) is 22.9 Å². The molecule has 1 aliphatic heterocycles. The van der Waals surface area contributed by atoms with Crippen LogP contribution in [0.1, 0.15) is 40.0 Å². The van der Waals surface area contributed by atoms with Crippen molar-refractivity contribution in [3.63, 3.8) is 0 Å². The van der Waals surface area contributed by atoms with Crippen LogP contribution in [0, 0.1) is 17.7 Å². The van der Waals surface area contributed by atoms with Crippen LogP contribution in [-0.2, 0) is 14.8 Å². The summed E-state index contributed by atoms with van der Waals surface area (Å²) >= 11 is 0. The first-order valence-electron chi connectivity index (χ1n) is 10.6. The lowest BCUT2D eigenvalue weighted by atomic mass is 9.78. The highest BCUT2D eigenvalue weighted by Crippen LogP contribution is 2.29. The molecule has 2 fully saturated rings. The lowest BCUT2D eigenvalue weighted by Gasteiger charge is -2.37. The van der Waals surface area contributed by atoms with Crippen LogP contribution in [0.3, 0.4) is 0 Å². The molecule has 1 aliphatic carbocycles. The molecule has 1 aromatic rings. The van der Waals surface area contributed by atoms with Gasteiger partial charge < -0.3 is 10.2 Å². The molecular weight excluding hydrogens is 393 g/mol. The van der Waals surface area contributed by atoms with E-state index in [4.69, 9.17) is 0 Å². The van der Waals surface area contributed by atoms with E-state index >= 15 is 0 Å². The summed E-state index contributed by atoms with van der Waals surface area (Å²) in [6.07, 6.45) is 3.40. The number of piperazine rings is 1. The first-order valence-corrected chi connectivity index (χ1v) is 12.0. The number of nitrogens with zero attached hydrogens (tertiary/aromatic N) is 1. The number of carbonyl (C=O) groups excluding carboxylic acids is 1. The van der Waals surface area contributed by atoms with Crippen molar-refractivity contribution in [1.82, 2.24) is 9.62 Å². The second kappa shape index (κ2) is 9.10. The number of rotatable bonds is 5. The molecular formula is C21H33FN3O3S+. The zero-order valence-corrected chi connectivity index (χ0v) is 18.3. The third kappa shape index (κ3) is 4.98. The highest BCUT2D eigenvalue weighted by Gasteiger charge is 2.36. The number of nitrogens with one attached hydrogen (secondary N) is 2. The highest BCUT2D eigenvalue weighted by molar-refractivity contribution is 7.89. The maximum Gasteiger partial charge on any atom is 0.278 e. The highest BCUT2D eigenvalue weighted by atomic mass is 32.2. The van der Waals surface area contributed by atoms with Crippen molar-refractivity contribution in [3.8, 4) is 0 Å². The van der Waals surface area contributed by atoms with Gasteiger partial charge in [-0.05, 0) is 49.4 Å². The number of amides is 1. The van der Waals surface area contributed by atoms with Crippen LogP contribution < -0.4 is 10.2 Å². The Kier molecular flexibility index (Phi) is 6.96. The smallest absolute Gasteiger partial charge is 0.278 e. The van der Waals surface area contributed by atoms with Gasteiger partial charge in [-0.25, -0.2) is 12.8 Å². The molecule has 1 heterocycles. The lowest BCUT2D eigenvalue weighted by molar-refractivity contribution is -0.917. The molecule has 1 saturated carbocycles. The quantitative estimate of drug-likeness (QED) is 0.739. The summed E-state index contributed by atoms with van der Waals surface area (Å²) in [5.41, 5.74) is 0. The summed E-state index contributed by atoms with van der Waals surface area (Å²) in [5.74, 6) is 0.699. The van der Waals surface area contributed by atoms with Crippen LogP contribution in [0.4, 0.5) is 4.39 Å². The Morgan fingerprint density at radius 3 is 2.41 bits per heavy atom. The molecule has 0 radical (unpaired) electrons. The Morgan fingerprint density at radius 2 is 1.79 bits per heavy atom. The predicted molar refractivity (Wildman–Crippen MR) is 109 cm³/mol. The van der Waals surface area contributed by atoms with E-state index in [0.717, 1.165) is 29.9 Å². The summed E-state index contributed by atoms with van der Waals surface area (Å²) in [6.45, 7) is 8.24. The van der Waals surface area contributed by atoms with Gasteiger partial charge in [-0.1, -0.05) is 26.7 Å². The van der Waals surface area contributed by atoms with Gasteiger partial charge in [-0.15, -0.1) is 0 Å². The van der Waals surface area contributed by atoms with Crippen molar-refractivity contribution >= 4 is 15.9 Å². The second-order valence-electron chi connectivity index (χ2n) is 8.62. The first kappa shape index (κ1) is 22.2. The van der Waals surface area contributed by atoms with E-state index in [2.05, 4.69) is 19.2 Å². The topological polar surface area (TPSA) is 70.9 Å². The standard InChI is InChI=1S/C21H32FN3O3S/c1-15-5-4-6-20(16(15)2)23-21(26)17(3)24-11-13-25(14-12-24)29(27,28)19-9-7-18(22)8-10-19/h7-10,15-17,20H,4-6,11-14H2,1-3H3,(H,23,26)/p+1/t15-,16-,17-,20-/m1/s1. The molecule has 1 saturated heterocycles. The molecule has 29 heavy (non-hydrogen) atoms. The maximum absolute atomic E-state index is 13.1. The predicted octanol–water partition coefficient (Wildman–Crippen LogP) is 1.04. The minimum Gasteiger partial charge on any atom is -0.348 e. The third-order valence-corrected chi connectivity index (χ3v) is 8.77. The Bertz CT molecular complexity index is 807. The summed E-state index contributed by atoms with van der Waals surface area (Å²) < 4.78 is 40.0. The van der Waals surface area contributed by atoms with Crippen molar-refractivity contribution < 1.29 is 22.5 Å². The minimum absolute atomic E-state index is 0.0563. The molecule has 162 valence electrons. The molecule has 6 nitrogen and oxygen atoms in total. The van der Waals surface area contributed by atoms with Crippen LogP contribution in [0.5, 0.6) is 0 Å². The first-order chi connectivity index (χ1) is 13.7. The van der Waals surface area contributed by atoms with Crippen LogP contribution in [0.2, 0.25) is 0 Å². The minimum atomic E-state index is -3.63. The fourth-order valence-electron chi connectivity index (χ4n) is 4.48. The monoisotopic (exact) mass is 426 g/mol. The molecule has 3 rings (SSSR count). The van der Waals surface area contributed by atoms with Crippen molar-refractivity contribution in [3.05, 3.63) is 30.1 Å². The van der Waals surface area contributed by atoms with Crippen molar-refractivity contribution in [2.75, 3.05) is 26.2 Å². The van der Waals surface area contributed by atoms with Gasteiger partial charge in [-0.3, -0.25) is 4.79 Å². The Balaban J connectivity index is 1.55. The van der Waals surface area contributed by atoms with E-state index in [1.165, 1.54) is 22.9 Å². The molecule has 1 aromatic carbocycles. The normalized spacial score (nSPS) is 28.1. The number of benzene rings is 1. The number of hydrogen-bond donors (Lipinski definition) is 2. The fourth-order valence-corrected chi connectivity index (χ4v) is 5.92. The van der Waals surface area contributed by atoms with Crippen molar-refractivity contribution in [2.24, 2.45) is 11.8 Å². The molecule has 0 unspecified atom stereocenters. The lowest BCUT2D eigenvalue weighted by Crippen LogP contribution is -3.19. The molecule has 4 atom stereocenters. The number of hydrogen-bond acceptors (Lipinski definition) is 3.